The van der Waals surface area contributed by atoms with E-state index in [2.05, 4.69) is 15.0 Å². The van der Waals surface area contributed by atoms with Crippen LogP contribution in [0.4, 0.5) is 18.0 Å². The molecule has 0 atom stereocenters. The number of piperidine rings is 1. The Balaban J connectivity index is 1.50. The van der Waals surface area contributed by atoms with Crippen molar-refractivity contribution in [2.24, 2.45) is 5.92 Å². The van der Waals surface area contributed by atoms with Gasteiger partial charge in [0, 0.05) is 25.7 Å². The first-order chi connectivity index (χ1) is 19.6. The molecule has 0 saturated carbocycles. The standard InChI is InChI=1S/C28H25F3N4O6/c29-28(30,31)41-22-7-5-20(6-8-22)39-24-10-9-23(25(34-24)40-21-3-1-19(17-32)2-4-21)26(36)35-15-12-18(13-16-35)11-14-33-27(37)38/h1-10,18,33H,11-16H2,(H,37,38). The molecular weight excluding hydrogens is 545 g/mol. The van der Waals surface area contributed by atoms with Gasteiger partial charge in [0.25, 0.3) is 5.91 Å². The van der Waals surface area contributed by atoms with Crippen molar-refractivity contribution in [1.82, 2.24) is 15.2 Å². The number of nitriles is 1. The number of hydrogen-bond acceptors (Lipinski definition) is 7. The highest BCUT2D eigenvalue weighted by Gasteiger charge is 2.31. The van der Waals surface area contributed by atoms with Crippen LogP contribution in [0.15, 0.2) is 60.7 Å². The van der Waals surface area contributed by atoms with Crippen LogP contribution in [0.2, 0.25) is 0 Å². The zero-order valence-electron chi connectivity index (χ0n) is 21.6. The summed E-state index contributed by atoms with van der Waals surface area (Å²) in [4.78, 5) is 30.2. The van der Waals surface area contributed by atoms with E-state index in [9.17, 15) is 22.8 Å². The second-order valence-corrected chi connectivity index (χ2v) is 9.12. The number of carboxylic acid groups (broad SMARTS) is 1. The molecule has 0 unspecified atom stereocenters. The van der Waals surface area contributed by atoms with Crippen LogP contribution in [0, 0.1) is 17.2 Å². The first kappa shape index (κ1) is 29.0. The molecule has 0 radical (unpaired) electrons. The van der Waals surface area contributed by atoms with Crippen molar-refractivity contribution in [1.29, 1.82) is 5.26 Å². The summed E-state index contributed by atoms with van der Waals surface area (Å²) >= 11 is 0. The van der Waals surface area contributed by atoms with E-state index in [1.165, 1.54) is 24.3 Å². The summed E-state index contributed by atoms with van der Waals surface area (Å²) in [5.41, 5.74) is 0.583. The van der Waals surface area contributed by atoms with Gasteiger partial charge in [0.15, 0.2) is 0 Å². The number of aromatic nitrogens is 1. The summed E-state index contributed by atoms with van der Waals surface area (Å²) in [5.74, 6) is 0.0215. The number of rotatable bonds is 9. The van der Waals surface area contributed by atoms with Crippen molar-refractivity contribution >= 4 is 12.0 Å². The van der Waals surface area contributed by atoms with E-state index in [1.54, 1.807) is 29.2 Å². The number of carbonyl (C=O) groups excluding carboxylic acids is 1. The molecule has 1 saturated heterocycles. The van der Waals surface area contributed by atoms with E-state index in [1.807, 2.05) is 6.07 Å². The van der Waals surface area contributed by atoms with Gasteiger partial charge in [-0.2, -0.15) is 10.2 Å². The smallest absolute Gasteiger partial charge is 0.465 e. The lowest BCUT2D eigenvalue weighted by atomic mass is 9.93. The Bertz CT molecular complexity index is 1400. The lowest BCUT2D eigenvalue weighted by Gasteiger charge is -2.32. The number of nitrogens with one attached hydrogen (secondary N) is 1. The normalized spacial score (nSPS) is 13.7. The van der Waals surface area contributed by atoms with Gasteiger partial charge < -0.3 is 29.5 Å². The monoisotopic (exact) mass is 570 g/mol. The number of alkyl halides is 3. The van der Waals surface area contributed by atoms with Crippen molar-refractivity contribution < 1.29 is 42.1 Å². The van der Waals surface area contributed by atoms with Gasteiger partial charge in [-0.1, -0.05) is 0 Å². The predicted molar refractivity (Wildman–Crippen MR) is 138 cm³/mol. The Morgan fingerprint density at radius 3 is 2.20 bits per heavy atom. The topological polar surface area (TPSA) is 134 Å². The van der Waals surface area contributed by atoms with Crippen molar-refractivity contribution in [3.05, 3.63) is 71.8 Å². The minimum Gasteiger partial charge on any atom is -0.465 e. The molecule has 1 aromatic heterocycles. The quantitative estimate of drug-likeness (QED) is 0.323. The Morgan fingerprint density at radius 2 is 1.59 bits per heavy atom. The van der Waals surface area contributed by atoms with Gasteiger partial charge in [-0.3, -0.25) is 4.79 Å². The van der Waals surface area contributed by atoms with Gasteiger partial charge in [0.1, 0.15) is 22.8 Å². The third-order valence-corrected chi connectivity index (χ3v) is 6.27. The van der Waals surface area contributed by atoms with E-state index in [-0.39, 0.29) is 34.9 Å². The number of pyridine rings is 1. The van der Waals surface area contributed by atoms with E-state index >= 15 is 0 Å². The highest BCUT2D eigenvalue weighted by atomic mass is 19.4. The van der Waals surface area contributed by atoms with E-state index in [4.69, 9.17) is 19.8 Å². The lowest BCUT2D eigenvalue weighted by Crippen LogP contribution is -2.39. The van der Waals surface area contributed by atoms with Gasteiger partial charge in [-0.05, 0) is 79.8 Å². The molecule has 13 heteroatoms. The SMILES string of the molecule is N#Cc1ccc(Oc2nc(Oc3ccc(OC(F)(F)F)cc3)ccc2C(=O)N2CCC(CCNC(=O)O)CC2)cc1. The third-order valence-electron chi connectivity index (χ3n) is 6.27. The predicted octanol–water partition coefficient (Wildman–Crippen LogP) is 5.95. The van der Waals surface area contributed by atoms with Crippen LogP contribution in [-0.2, 0) is 0 Å². The molecule has 3 aromatic rings. The van der Waals surface area contributed by atoms with E-state index in [0.717, 1.165) is 12.1 Å². The molecule has 214 valence electrons. The number of amides is 2. The number of benzene rings is 2. The Labute approximate surface area is 232 Å². The fraction of sp³-hybridized carbons (Fsp3) is 0.286. The van der Waals surface area contributed by atoms with Crippen LogP contribution < -0.4 is 19.5 Å². The van der Waals surface area contributed by atoms with Crippen LogP contribution in [0.1, 0.15) is 35.2 Å². The molecule has 1 fully saturated rings. The van der Waals surface area contributed by atoms with Crippen molar-refractivity contribution in [2.45, 2.75) is 25.6 Å². The van der Waals surface area contributed by atoms with Crippen LogP contribution in [-0.4, -0.2) is 53.0 Å². The second kappa shape index (κ2) is 12.9. The summed E-state index contributed by atoms with van der Waals surface area (Å²) in [7, 11) is 0. The summed E-state index contributed by atoms with van der Waals surface area (Å²) in [6, 6.07) is 15.9. The Hall–Kier alpha value is -4.99. The molecule has 1 aliphatic heterocycles. The van der Waals surface area contributed by atoms with Crippen LogP contribution in [0.25, 0.3) is 0 Å². The van der Waals surface area contributed by atoms with Gasteiger partial charge >= 0.3 is 12.5 Å². The first-order valence-electron chi connectivity index (χ1n) is 12.6. The maximum atomic E-state index is 13.5. The minimum absolute atomic E-state index is 0.0272. The zero-order valence-corrected chi connectivity index (χ0v) is 21.6. The maximum absolute atomic E-state index is 13.5. The average Bonchev–Trinajstić information content (AvgIpc) is 2.94. The third kappa shape index (κ3) is 8.50. The van der Waals surface area contributed by atoms with Crippen LogP contribution >= 0.6 is 0 Å². The molecule has 41 heavy (non-hydrogen) atoms. The number of likely N-dealkylation sites (tertiary alicyclic amines) is 1. The molecule has 2 N–H and O–H groups in total. The van der Waals surface area contributed by atoms with E-state index < -0.39 is 18.2 Å². The maximum Gasteiger partial charge on any atom is 0.573 e. The fourth-order valence-electron chi connectivity index (χ4n) is 4.24. The molecule has 10 nitrogen and oxygen atoms in total. The average molecular weight is 571 g/mol. The zero-order chi connectivity index (χ0) is 29.4. The molecule has 0 spiro atoms. The van der Waals surface area contributed by atoms with Gasteiger partial charge in [-0.25, -0.2) is 4.79 Å². The number of nitrogens with zero attached hydrogens (tertiary/aromatic N) is 3. The van der Waals surface area contributed by atoms with Crippen LogP contribution in [0.3, 0.4) is 0 Å². The highest BCUT2D eigenvalue weighted by Crippen LogP contribution is 2.32. The molecule has 0 aliphatic carbocycles. The molecule has 2 amide bonds. The summed E-state index contributed by atoms with van der Waals surface area (Å²) in [6.07, 6.45) is -3.79. The highest BCUT2D eigenvalue weighted by molar-refractivity contribution is 5.96. The molecule has 2 aromatic carbocycles. The second-order valence-electron chi connectivity index (χ2n) is 9.12. The molecule has 1 aliphatic rings. The minimum atomic E-state index is -4.82. The summed E-state index contributed by atoms with van der Waals surface area (Å²) < 4.78 is 52.8. The lowest BCUT2D eigenvalue weighted by molar-refractivity contribution is -0.274. The Morgan fingerprint density at radius 1 is 0.976 bits per heavy atom. The van der Waals surface area contributed by atoms with Crippen molar-refractivity contribution in [2.75, 3.05) is 19.6 Å². The van der Waals surface area contributed by atoms with Gasteiger partial charge in [-0.15, -0.1) is 13.2 Å². The van der Waals surface area contributed by atoms with Gasteiger partial charge in [0.2, 0.25) is 11.8 Å². The number of hydrogen-bond donors (Lipinski definition) is 2. The molecule has 4 rings (SSSR count). The number of halogens is 3. The van der Waals surface area contributed by atoms with Gasteiger partial charge in [0.05, 0.1) is 11.6 Å². The number of ether oxygens (including phenoxy) is 3. The van der Waals surface area contributed by atoms with Crippen LogP contribution in [0.5, 0.6) is 29.0 Å². The van der Waals surface area contributed by atoms with E-state index in [0.29, 0.717) is 50.2 Å². The largest absolute Gasteiger partial charge is 0.573 e. The van der Waals surface area contributed by atoms with Crippen molar-refractivity contribution in [3.63, 3.8) is 0 Å². The first-order valence-corrected chi connectivity index (χ1v) is 12.6. The molecule has 0 bridgehead atoms. The molecule has 2 heterocycles. The number of carbonyl (C=O) groups is 2. The fourth-order valence-corrected chi connectivity index (χ4v) is 4.24. The Kier molecular flexibility index (Phi) is 9.13. The summed E-state index contributed by atoms with van der Waals surface area (Å²) in [5, 5.41) is 20.2. The summed E-state index contributed by atoms with van der Waals surface area (Å²) in [6.45, 7) is 1.29. The van der Waals surface area contributed by atoms with Crippen molar-refractivity contribution in [3.8, 4) is 35.1 Å². The molecular formula is C28H25F3N4O6.